The first-order valence-corrected chi connectivity index (χ1v) is 5.71. The van der Waals surface area contributed by atoms with Crippen LogP contribution >= 0.6 is 0 Å². The zero-order chi connectivity index (χ0) is 13.2. The molecular formula is C14H8BFNO2. The summed E-state index contributed by atoms with van der Waals surface area (Å²) in [5.74, 6) is 0.0884. The zero-order valence-corrected chi connectivity index (χ0v) is 9.89. The lowest BCUT2D eigenvalue weighted by Crippen LogP contribution is -2.10. The molecule has 91 valence electrons. The van der Waals surface area contributed by atoms with Crippen molar-refractivity contribution in [3.05, 3.63) is 53.3 Å². The number of halogens is 1. The second-order valence-corrected chi connectivity index (χ2v) is 4.15. The molecule has 0 unspecified atom stereocenters. The van der Waals surface area contributed by atoms with Crippen molar-refractivity contribution in [1.29, 1.82) is 5.26 Å². The van der Waals surface area contributed by atoms with Gasteiger partial charge in [-0.15, -0.1) is 0 Å². The lowest BCUT2D eigenvalue weighted by Gasteiger charge is -2.08. The fourth-order valence-electron chi connectivity index (χ4n) is 1.89. The van der Waals surface area contributed by atoms with Crippen LogP contribution < -0.4 is 10.2 Å². The molecule has 0 amide bonds. The van der Waals surface area contributed by atoms with E-state index in [0.29, 0.717) is 12.4 Å². The summed E-state index contributed by atoms with van der Waals surface area (Å²) in [5, 5.41) is 8.67. The van der Waals surface area contributed by atoms with Crippen LogP contribution in [0.1, 0.15) is 11.1 Å². The van der Waals surface area contributed by atoms with Crippen LogP contribution in [0.2, 0.25) is 0 Å². The molecule has 2 aromatic carbocycles. The highest BCUT2D eigenvalue weighted by atomic mass is 19.1. The maximum absolute atomic E-state index is 13.7. The molecule has 1 aliphatic heterocycles. The van der Waals surface area contributed by atoms with Gasteiger partial charge in [0.15, 0.2) is 11.6 Å². The van der Waals surface area contributed by atoms with Gasteiger partial charge >= 0.3 is 7.48 Å². The highest BCUT2D eigenvalue weighted by Crippen LogP contribution is 2.26. The standard InChI is InChI=1S/C14H8BFNO2/c16-13-5-9(7-17)1-4-14(13)19-11-2-3-12-10(6-11)8-18-15-12/h1-6H,8H2. The lowest BCUT2D eigenvalue weighted by atomic mass is 9.87. The van der Waals surface area contributed by atoms with E-state index in [1.807, 2.05) is 18.2 Å². The molecule has 0 atom stereocenters. The molecule has 0 bridgehead atoms. The summed E-state index contributed by atoms with van der Waals surface area (Å²) in [6.07, 6.45) is 0. The number of ether oxygens (including phenoxy) is 1. The van der Waals surface area contributed by atoms with Gasteiger partial charge in [0.2, 0.25) is 0 Å². The predicted octanol–water partition coefficient (Wildman–Crippen LogP) is 2.26. The van der Waals surface area contributed by atoms with Crippen molar-refractivity contribution in [3.8, 4) is 17.6 Å². The Morgan fingerprint density at radius 2 is 2.16 bits per heavy atom. The van der Waals surface area contributed by atoms with Crippen molar-refractivity contribution < 1.29 is 13.8 Å². The number of rotatable bonds is 2. The minimum absolute atomic E-state index is 0.0989. The van der Waals surface area contributed by atoms with Crippen molar-refractivity contribution in [1.82, 2.24) is 0 Å². The molecule has 1 radical (unpaired) electrons. The first-order valence-electron chi connectivity index (χ1n) is 5.71. The van der Waals surface area contributed by atoms with Gasteiger partial charge in [-0.05, 0) is 41.4 Å². The molecule has 3 rings (SSSR count). The Morgan fingerprint density at radius 3 is 2.95 bits per heavy atom. The molecule has 0 aliphatic carbocycles. The van der Waals surface area contributed by atoms with Crippen molar-refractivity contribution in [2.75, 3.05) is 0 Å². The van der Waals surface area contributed by atoms with Gasteiger partial charge < -0.3 is 9.39 Å². The maximum Gasteiger partial charge on any atom is 0.330 e. The van der Waals surface area contributed by atoms with Crippen LogP contribution in [0.3, 0.4) is 0 Å². The molecule has 0 spiro atoms. The first kappa shape index (κ1) is 11.8. The molecule has 0 saturated carbocycles. The fourth-order valence-corrected chi connectivity index (χ4v) is 1.89. The predicted molar refractivity (Wildman–Crippen MR) is 67.8 cm³/mol. The Kier molecular flexibility index (Phi) is 2.94. The summed E-state index contributed by atoms with van der Waals surface area (Å²) in [6.45, 7) is 0.502. The van der Waals surface area contributed by atoms with Gasteiger partial charge in [-0.25, -0.2) is 4.39 Å². The lowest BCUT2D eigenvalue weighted by molar-refractivity contribution is 0.344. The van der Waals surface area contributed by atoms with Gasteiger partial charge in [0, 0.05) is 0 Å². The highest BCUT2D eigenvalue weighted by molar-refractivity contribution is 6.48. The summed E-state index contributed by atoms with van der Waals surface area (Å²) in [7, 11) is 1.68. The third kappa shape index (κ3) is 2.31. The highest BCUT2D eigenvalue weighted by Gasteiger charge is 2.14. The van der Waals surface area contributed by atoms with Crippen LogP contribution in [0, 0.1) is 17.1 Å². The molecule has 5 heteroatoms. The van der Waals surface area contributed by atoms with E-state index in [9.17, 15) is 4.39 Å². The normalized spacial score (nSPS) is 12.4. The Balaban J connectivity index is 1.87. The van der Waals surface area contributed by atoms with Crippen LogP contribution in [0.15, 0.2) is 36.4 Å². The van der Waals surface area contributed by atoms with Crippen LogP contribution in [0.5, 0.6) is 11.5 Å². The number of fused-ring (bicyclic) bond motifs is 1. The summed E-state index contributed by atoms with van der Waals surface area (Å²) in [5.41, 5.74) is 2.28. The fraction of sp³-hybridized carbons (Fsp3) is 0.0714. The largest absolute Gasteiger partial charge is 0.454 e. The molecule has 1 heterocycles. The summed E-state index contributed by atoms with van der Waals surface area (Å²) >= 11 is 0. The van der Waals surface area contributed by atoms with Crippen molar-refractivity contribution in [2.45, 2.75) is 6.61 Å². The van der Waals surface area contributed by atoms with Crippen molar-refractivity contribution in [3.63, 3.8) is 0 Å². The van der Waals surface area contributed by atoms with Gasteiger partial charge in [0.05, 0.1) is 18.2 Å². The third-order valence-corrected chi connectivity index (χ3v) is 2.85. The minimum atomic E-state index is -0.553. The van der Waals surface area contributed by atoms with Gasteiger partial charge in [0.1, 0.15) is 5.75 Å². The SMILES string of the molecule is N#Cc1ccc(Oc2ccc3c(c2)CO[B]3)c(F)c1. The first-order chi connectivity index (χ1) is 9.26. The zero-order valence-electron chi connectivity index (χ0n) is 9.89. The van der Waals surface area contributed by atoms with E-state index in [1.54, 1.807) is 13.5 Å². The molecule has 2 aromatic rings. The van der Waals surface area contributed by atoms with Gasteiger partial charge in [-0.3, -0.25) is 0 Å². The molecule has 19 heavy (non-hydrogen) atoms. The van der Waals surface area contributed by atoms with E-state index in [0.717, 1.165) is 17.1 Å². The minimum Gasteiger partial charge on any atom is -0.454 e. The van der Waals surface area contributed by atoms with Crippen molar-refractivity contribution >= 4 is 12.9 Å². The van der Waals surface area contributed by atoms with E-state index in [1.165, 1.54) is 12.1 Å². The van der Waals surface area contributed by atoms with E-state index in [2.05, 4.69) is 0 Å². The molecule has 3 nitrogen and oxygen atoms in total. The van der Waals surface area contributed by atoms with E-state index in [4.69, 9.17) is 14.7 Å². The van der Waals surface area contributed by atoms with E-state index < -0.39 is 5.82 Å². The summed E-state index contributed by atoms with van der Waals surface area (Å²) in [4.78, 5) is 0. The van der Waals surface area contributed by atoms with Crippen LogP contribution in [0.25, 0.3) is 0 Å². The van der Waals surface area contributed by atoms with Gasteiger partial charge in [0.25, 0.3) is 0 Å². The van der Waals surface area contributed by atoms with Crippen LogP contribution in [-0.2, 0) is 11.3 Å². The average Bonchev–Trinajstić information content (AvgIpc) is 2.88. The van der Waals surface area contributed by atoms with E-state index >= 15 is 0 Å². The molecule has 1 aliphatic rings. The van der Waals surface area contributed by atoms with Crippen LogP contribution in [-0.4, -0.2) is 7.48 Å². The van der Waals surface area contributed by atoms with E-state index in [-0.39, 0.29) is 11.3 Å². The molecule has 0 N–H and O–H groups in total. The number of benzene rings is 2. The summed E-state index contributed by atoms with van der Waals surface area (Å²) < 4.78 is 24.4. The Bertz CT molecular complexity index is 682. The number of nitriles is 1. The topological polar surface area (TPSA) is 42.2 Å². The second kappa shape index (κ2) is 4.75. The second-order valence-electron chi connectivity index (χ2n) is 4.15. The van der Waals surface area contributed by atoms with Crippen molar-refractivity contribution in [2.24, 2.45) is 0 Å². The summed E-state index contributed by atoms with van der Waals surface area (Å²) in [6, 6.07) is 11.4. The average molecular weight is 252 g/mol. The Hall–Kier alpha value is -2.32. The Morgan fingerprint density at radius 1 is 1.26 bits per heavy atom. The third-order valence-electron chi connectivity index (χ3n) is 2.85. The Labute approximate surface area is 110 Å². The number of hydrogen-bond donors (Lipinski definition) is 0. The molecule has 0 fully saturated rings. The number of nitrogens with zero attached hydrogens (tertiary/aromatic N) is 1. The molecule has 0 saturated heterocycles. The van der Waals surface area contributed by atoms with Crippen LogP contribution in [0.4, 0.5) is 4.39 Å². The molecular weight excluding hydrogens is 244 g/mol. The maximum atomic E-state index is 13.7. The van der Waals surface area contributed by atoms with Gasteiger partial charge in [-0.1, -0.05) is 6.07 Å². The van der Waals surface area contributed by atoms with Gasteiger partial charge in [-0.2, -0.15) is 5.26 Å². The molecule has 0 aromatic heterocycles. The number of hydrogen-bond acceptors (Lipinski definition) is 3. The monoisotopic (exact) mass is 252 g/mol. The quantitative estimate of drug-likeness (QED) is 0.770. The smallest absolute Gasteiger partial charge is 0.330 e.